The van der Waals surface area contributed by atoms with Crippen LogP contribution < -0.4 is 15.8 Å². The molecule has 2 N–H and O–H groups in total. The fraction of sp³-hybridized carbons (Fsp3) is 0.368. The third kappa shape index (κ3) is 5.47. The molecule has 2 heterocycles. The maximum Gasteiger partial charge on any atom is 0.355 e. The molecule has 0 atom stereocenters. The highest BCUT2D eigenvalue weighted by atomic mass is 16.6. The number of nitro benzene ring substituents is 1. The molecule has 1 aromatic heterocycles. The Labute approximate surface area is 187 Å². The number of aromatic nitrogens is 2. The van der Waals surface area contributed by atoms with Crippen LogP contribution in [0.5, 0.6) is 0 Å². The summed E-state index contributed by atoms with van der Waals surface area (Å²) in [4.78, 5) is 55.2. The standard InChI is InChI=1S/C19H21N7O7/c1-2-33-19(28)12-6-8-24(9-7-12)17-15(26(31)32)16(20-11-21-17)22-23-18(27)13-4-3-5-14(10-13)25(29)30/h3-5,10-12H,2,6-9H2,1H3,(H,23,27)(H,20,21,22). The van der Waals surface area contributed by atoms with Gasteiger partial charge in [-0.05, 0) is 25.8 Å². The number of carbonyl (C=O) groups excluding carboxylic acids is 2. The molecule has 0 saturated carbocycles. The van der Waals surface area contributed by atoms with Gasteiger partial charge in [0.2, 0.25) is 11.6 Å². The van der Waals surface area contributed by atoms with E-state index >= 15 is 0 Å². The van der Waals surface area contributed by atoms with E-state index in [4.69, 9.17) is 4.74 Å². The SMILES string of the molecule is CCOC(=O)C1CCN(c2ncnc(NNC(=O)c3cccc([N+](=O)[O-])c3)c2[N+](=O)[O-])CC1. The van der Waals surface area contributed by atoms with Crippen molar-refractivity contribution in [2.45, 2.75) is 19.8 Å². The molecule has 0 spiro atoms. The number of amides is 1. The number of hydrazine groups is 1. The van der Waals surface area contributed by atoms with Crippen LogP contribution in [-0.4, -0.2) is 51.4 Å². The van der Waals surface area contributed by atoms with E-state index < -0.39 is 21.4 Å². The van der Waals surface area contributed by atoms with Gasteiger partial charge in [-0.25, -0.2) is 9.97 Å². The van der Waals surface area contributed by atoms with E-state index in [1.807, 2.05) is 0 Å². The molecule has 1 saturated heterocycles. The Morgan fingerprint density at radius 3 is 2.55 bits per heavy atom. The summed E-state index contributed by atoms with van der Waals surface area (Å²) in [5, 5.41) is 22.7. The first-order chi connectivity index (χ1) is 15.8. The monoisotopic (exact) mass is 459 g/mol. The Morgan fingerprint density at radius 1 is 1.18 bits per heavy atom. The molecule has 1 aliphatic heterocycles. The summed E-state index contributed by atoms with van der Waals surface area (Å²) in [6, 6.07) is 5.01. The summed E-state index contributed by atoms with van der Waals surface area (Å²) < 4.78 is 5.04. The van der Waals surface area contributed by atoms with E-state index in [2.05, 4.69) is 20.8 Å². The quantitative estimate of drug-likeness (QED) is 0.333. The van der Waals surface area contributed by atoms with Crippen LogP contribution in [0.1, 0.15) is 30.1 Å². The fourth-order valence-corrected chi connectivity index (χ4v) is 3.40. The summed E-state index contributed by atoms with van der Waals surface area (Å²) in [5.41, 5.74) is 3.91. The van der Waals surface area contributed by atoms with Crippen molar-refractivity contribution in [1.82, 2.24) is 15.4 Å². The Kier molecular flexibility index (Phi) is 7.27. The van der Waals surface area contributed by atoms with Crippen molar-refractivity contribution in [2.75, 3.05) is 30.0 Å². The van der Waals surface area contributed by atoms with Gasteiger partial charge in [-0.15, -0.1) is 0 Å². The molecule has 2 aromatic rings. The van der Waals surface area contributed by atoms with Crippen molar-refractivity contribution in [3.8, 4) is 0 Å². The number of anilines is 2. The van der Waals surface area contributed by atoms with Crippen molar-refractivity contribution < 1.29 is 24.2 Å². The molecule has 14 heteroatoms. The van der Waals surface area contributed by atoms with Gasteiger partial charge in [0.15, 0.2) is 0 Å². The number of nitrogens with zero attached hydrogens (tertiary/aromatic N) is 5. The van der Waals surface area contributed by atoms with Crippen LogP contribution in [0.15, 0.2) is 30.6 Å². The van der Waals surface area contributed by atoms with Crippen LogP contribution in [0.3, 0.4) is 0 Å². The molecule has 1 aromatic carbocycles. The van der Waals surface area contributed by atoms with Gasteiger partial charge in [0.25, 0.3) is 11.6 Å². The van der Waals surface area contributed by atoms with Crippen LogP contribution in [-0.2, 0) is 9.53 Å². The van der Waals surface area contributed by atoms with Crippen molar-refractivity contribution in [3.05, 3.63) is 56.4 Å². The smallest absolute Gasteiger partial charge is 0.355 e. The largest absolute Gasteiger partial charge is 0.466 e. The van der Waals surface area contributed by atoms with Gasteiger partial charge < -0.3 is 9.64 Å². The summed E-state index contributed by atoms with van der Waals surface area (Å²) >= 11 is 0. The zero-order valence-corrected chi connectivity index (χ0v) is 17.6. The number of ether oxygens (including phenoxy) is 1. The molecule has 14 nitrogen and oxygen atoms in total. The van der Waals surface area contributed by atoms with E-state index in [0.29, 0.717) is 25.9 Å². The fourth-order valence-electron chi connectivity index (χ4n) is 3.40. The maximum absolute atomic E-state index is 12.4. The number of nitro groups is 2. The number of hydrogen-bond acceptors (Lipinski definition) is 11. The zero-order valence-electron chi connectivity index (χ0n) is 17.6. The Morgan fingerprint density at radius 2 is 1.91 bits per heavy atom. The second-order valence-electron chi connectivity index (χ2n) is 7.05. The highest BCUT2D eigenvalue weighted by Gasteiger charge is 2.32. The highest BCUT2D eigenvalue weighted by Crippen LogP contribution is 2.34. The molecule has 0 aliphatic carbocycles. The average molecular weight is 459 g/mol. The summed E-state index contributed by atoms with van der Waals surface area (Å²) in [6.45, 7) is 2.71. The van der Waals surface area contributed by atoms with Crippen molar-refractivity contribution in [1.29, 1.82) is 0 Å². The number of benzene rings is 1. The van der Waals surface area contributed by atoms with Gasteiger partial charge in [0.1, 0.15) is 6.33 Å². The van der Waals surface area contributed by atoms with Crippen molar-refractivity contribution in [3.63, 3.8) is 0 Å². The lowest BCUT2D eigenvalue weighted by atomic mass is 9.97. The minimum absolute atomic E-state index is 0.0188. The van der Waals surface area contributed by atoms with Gasteiger partial charge >= 0.3 is 11.7 Å². The lowest BCUT2D eigenvalue weighted by Gasteiger charge is -2.31. The Balaban J connectivity index is 1.74. The van der Waals surface area contributed by atoms with E-state index in [-0.39, 0.29) is 41.4 Å². The molecule has 3 rings (SSSR count). The number of carbonyl (C=O) groups is 2. The number of non-ortho nitro benzene ring substituents is 1. The predicted octanol–water partition coefficient (Wildman–Crippen LogP) is 1.83. The van der Waals surface area contributed by atoms with Crippen molar-refractivity contribution >= 4 is 34.9 Å². The number of rotatable bonds is 8. The van der Waals surface area contributed by atoms with Crippen LogP contribution in [0.4, 0.5) is 23.0 Å². The lowest BCUT2D eigenvalue weighted by molar-refractivity contribution is -0.384. The molecule has 1 fully saturated rings. The van der Waals surface area contributed by atoms with E-state index in [9.17, 15) is 29.8 Å². The number of piperidine rings is 1. The molecular weight excluding hydrogens is 438 g/mol. The minimum Gasteiger partial charge on any atom is -0.466 e. The Bertz CT molecular complexity index is 1070. The van der Waals surface area contributed by atoms with Gasteiger partial charge in [0, 0.05) is 30.8 Å². The first-order valence-electron chi connectivity index (χ1n) is 10.0. The van der Waals surface area contributed by atoms with Gasteiger partial charge in [-0.3, -0.25) is 40.7 Å². The second kappa shape index (κ2) is 10.3. The molecule has 1 amide bonds. The van der Waals surface area contributed by atoms with Gasteiger partial charge in [0.05, 0.1) is 22.4 Å². The van der Waals surface area contributed by atoms with Crippen LogP contribution in [0.25, 0.3) is 0 Å². The molecule has 0 unspecified atom stereocenters. The first-order valence-corrected chi connectivity index (χ1v) is 10.0. The number of nitrogens with one attached hydrogen (secondary N) is 2. The van der Waals surface area contributed by atoms with E-state index in [0.717, 1.165) is 12.4 Å². The zero-order chi connectivity index (χ0) is 24.0. The van der Waals surface area contributed by atoms with Crippen LogP contribution in [0, 0.1) is 26.1 Å². The summed E-state index contributed by atoms with van der Waals surface area (Å²) in [7, 11) is 0. The molecule has 33 heavy (non-hydrogen) atoms. The average Bonchev–Trinajstić information content (AvgIpc) is 2.82. The second-order valence-corrected chi connectivity index (χ2v) is 7.05. The van der Waals surface area contributed by atoms with Crippen molar-refractivity contribution in [2.24, 2.45) is 5.92 Å². The highest BCUT2D eigenvalue weighted by molar-refractivity contribution is 5.95. The normalized spacial score (nSPS) is 13.8. The molecular formula is C19H21N7O7. The Hall–Kier alpha value is -4.36. The third-order valence-electron chi connectivity index (χ3n) is 5.01. The summed E-state index contributed by atoms with van der Waals surface area (Å²) in [6.07, 6.45) is 2.01. The van der Waals surface area contributed by atoms with Gasteiger partial charge in [-0.2, -0.15) is 0 Å². The third-order valence-corrected chi connectivity index (χ3v) is 5.01. The minimum atomic E-state index is -0.747. The molecule has 1 aliphatic rings. The number of hydrogen-bond donors (Lipinski definition) is 2. The predicted molar refractivity (Wildman–Crippen MR) is 114 cm³/mol. The lowest BCUT2D eigenvalue weighted by Crippen LogP contribution is -2.38. The number of esters is 1. The van der Waals surface area contributed by atoms with E-state index in [1.54, 1.807) is 11.8 Å². The van der Waals surface area contributed by atoms with Crippen LogP contribution >= 0.6 is 0 Å². The van der Waals surface area contributed by atoms with Gasteiger partial charge in [-0.1, -0.05) is 6.07 Å². The molecule has 0 bridgehead atoms. The molecule has 0 radical (unpaired) electrons. The topological polar surface area (TPSA) is 183 Å². The first kappa shape index (κ1) is 23.3. The maximum atomic E-state index is 12.4. The molecule has 174 valence electrons. The van der Waals surface area contributed by atoms with E-state index in [1.165, 1.54) is 18.2 Å². The summed E-state index contributed by atoms with van der Waals surface area (Å²) in [5.74, 6) is -1.53. The van der Waals surface area contributed by atoms with Crippen LogP contribution in [0.2, 0.25) is 0 Å².